The molecular formula is C28H43FO3. The fraction of sp³-hybridized carbons (Fsp3) is 0.786. The number of aliphatic hydroxyl groups excluding tert-OH is 2. The van der Waals surface area contributed by atoms with Gasteiger partial charge in [0.15, 0.2) is 5.67 Å². The number of hydrogen-bond acceptors (Lipinski definition) is 3. The lowest BCUT2D eigenvalue weighted by molar-refractivity contribution is -0.0538. The van der Waals surface area contributed by atoms with Crippen molar-refractivity contribution in [2.75, 3.05) is 0 Å². The topological polar surface area (TPSA) is 60.7 Å². The Bertz CT molecular complexity index is 834. The number of rotatable bonds is 4. The summed E-state index contributed by atoms with van der Waals surface area (Å²) >= 11 is 0. The first-order chi connectivity index (χ1) is 14.7. The quantitative estimate of drug-likeness (QED) is 0.499. The molecule has 0 spiro atoms. The first-order valence-corrected chi connectivity index (χ1v) is 12.6. The van der Waals surface area contributed by atoms with Crippen LogP contribution < -0.4 is 0 Å². The fourth-order valence-corrected chi connectivity index (χ4v) is 7.62. The third-order valence-electron chi connectivity index (χ3n) is 10.3. The lowest BCUT2D eigenvalue weighted by Gasteiger charge is -2.56. The van der Waals surface area contributed by atoms with Crippen LogP contribution in [0, 0.1) is 34.5 Å². The summed E-state index contributed by atoms with van der Waals surface area (Å²) in [7, 11) is 0. The van der Waals surface area contributed by atoms with Crippen LogP contribution in [0.15, 0.2) is 35.5 Å². The number of halogens is 1. The standard InChI is InChI=1S/C28H43FO3/c1-17(11-14-27(5,29)25(2,3)32)21-9-10-22-20-8-7-18-15-19(30)16-24(31)28(18,6)23(20)12-13-26(21,22)4/h7-8,11,14,17,19,21-24,30-32H,9-10,12-13,15-16H2,1-6H3/b14-11+/t17-,19-,21-,22+,23+,24+,26-,27+,28+/m1/s1. The molecule has 0 unspecified atom stereocenters. The van der Waals surface area contributed by atoms with E-state index >= 15 is 0 Å². The summed E-state index contributed by atoms with van der Waals surface area (Å²) in [6.45, 7) is 11.3. The van der Waals surface area contributed by atoms with Gasteiger partial charge in [0.05, 0.1) is 17.8 Å². The summed E-state index contributed by atoms with van der Waals surface area (Å²) in [5.74, 6) is 1.54. The normalized spacial score (nSPS) is 44.8. The predicted octanol–water partition coefficient (Wildman–Crippen LogP) is 5.51. The smallest absolute Gasteiger partial charge is 0.154 e. The van der Waals surface area contributed by atoms with Gasteiger partial charge in [0.1, 0.15) is 0 Å². The summed E-state index contributed by atoms with van der Waals surface area (Å²) < 4.78 is 15.0. The van der Waals surface area contributed by atoms with E-state index in [-0.39, 0.29) is 16.7 Å². The molecule has 3 nitrogen and oxygen atoms in total. The third-order valence-corrected chi connectivity index (χ3v) is 10.3. The van der Waals surface area contributed by atoms with Gasteiger partial charge in [-0.15, -0.1) is 0 Å². The molecular weight excluding hydrogens is 403 g/mol. The van der Waals surface area contributed by atoms with Crippen LogP contribution in [-0.4, -0.2) is 38.8 Å². The molecule has 0 amide bonds. The third kappa shape index (κ3) is 3.56. The highest BCUT2D eigenvalue weighted by molar-refractivity contribution is 5.40. The SMILES string of the molecule is C[C@H](/C=C/[C@](C)(F)C(C)(C)O)[C@H]1CC[C@H]2C3=CC=C4C[C@@H](O)C[C@H](O)[C@]4(C)[C@H]3CC[C@]12C. The lowest BCUT2D eigenvalue weighted by atomic mass is 9.49. The minimum Gasteiger partial charge on any atom is -0.393 e. The highest BCUT2D eigenvalue weighted by atomic mass is 19.1. The Morgan fingerprint density at radius 2 is 1.78 bits per heavy atom. The zero-order valence-electron chi connectivity index (χ0n) is 20.7. The Hall–Kier alpha value is -0.970. The van der Waals surface area contributed by atoms with Crippen molar-refractivity contribution in [3.05, 3.63) is 35.5 Å². The molecule has 3 N–H and O–H groups in total. The molecule has 0 heterocycles. The van der Waals surface area contributed by atoms with Crippen molar-refractivity contribution in [2.45, 2.75) is 104 Å². The molecule has 0 aliphatic heterocycles. The number of allylic oxidation sites excluding steroid dienone is 4. The van der Waals surface area contributed by atoms with Gasteiger partial charge in [-0.1, -0.05) is 50.1 Å². The predicted molar refractivity (Wildman–Crippen MR) is 127 cm³/mol. The Balaban J connectivity index is 1.59. The van der Waals surface area contributed by atoms with E-state index in [4.69, 9.17) is 0 Å². The van der Waals surface area contributed by atoms with Crippen molar-refractivity contribution in [1.82, 2.24) is 0 Å². The summed E-state index contributed by atoms with van der Waals surface area (Å²) in [4.78, 5) is 0. The largest absolute Gasteiger partial charge is 0.393 e. The second-order valence-corrected chi connectivity index (χ2v) is 12.4. The van der Waals surface area contributed by atoms with Gasteiger partial charge in [-0.3, -0.25) is 0 Å². The molecule has 0 bridgehead atoms. The van der Waals surface area contributed by atoms with Crippen LogP contribution in [0.3, 0.4) is 0 Å². The number of aliphatic hydroxyl groups is 3. The molecule has 0 radical (unpaired) electrons. The van der Waals surface area contributed by atoms with Crippen LogP contribution in [0.2, 0.25) is 0 Å². The van der Waals surface area contributed by atoms with E-state index in [2.05, 4.69) is 32.9 Å². The summed E-state index contributed by atoms with van der Waals surface area (Å²) in [5, 5.41) is 31.4. The molecule has 180 valence electrons. The fourth-order valence-electron chi connectivity index (χ4n) is 7.62. The van der Waals surface area contributed by atoms with Crippen LogP contribution in [0.5, 0.6) is 0 Å². The van der Waals surface area contributed by atoms with Gasteiger partial charge >= 0.3 is 0 Å². The first-order valence-electron chi connectivity index (χ1n) is 12.6. The van der Waals surface area contributed by atoms with Crippen molar-refractivity contribution in [3.8, 4) is 0 Å². The minimum absolute atomic E-state index is 0.161. The Morgan fingerprint density at radius 1 is 1.09 bits per heavy atom. The highest BCUT2D eigenvalue weighted by Gasteiger charge is 2.58. The van der Waals surface area contributed by atoms with Crippen molar-refractivity contribution in [2.24, 2.45) is 34.5 Å². The van der Waals surface area contributed by atoms with Crippen molar-refractivity contribution >= 4 is 0 Å². The minimum atomic E-state index is -1.76. The van der Waals surface area contributed by atoms with Gasteiger partial charge in [-0.2, -0.15) is 0 Å². The average Bonchev–Trinajstić information content (AvgIpc) is 3.04. The molecule has 3 fully saturated rings. The Labute approximate surface area is 193 Å². The second kappa shape index (κ2) is 7.78. The van der Waals surface area contributed by atoms with Crippen LogP contribution in [0.25, 0.3) is 0 Å². The molecule has 4 rings (SSSR count). The zero-order chi connectivity index (χ0) is 23.7. The average molecular weight is 447 g/mol. The molecule has 4 aliphatic carbocycles. The highest BCUT2D eigenvalue weighted by Crippen LogP contribution is 2.66. The Morgan fingerprint density at radius 3 is 2.44 bits per heavy atom. The molecule has 0 saturated heterocycles. The summed E-state index contributed by atoms with van der Waals surface area (Å²) in [5.41, 5.74) is -0.580. The zero-order valence-corrected chi connectivity index (χ0v) is 20.7. The van der Waals surface area contributed by atoms with Crippen molar-refractivity contribution < 1.29 is 19.7 Å². The maximum absolute atomic E-state index is 15.0. The molecule has 4 aliphatic rings. The van der Waals surface area contributed by atoms with E-state index in [9.17, 15) is 19.7 Å². The van der Waals surface area contributed by atoms with Gasteiger partial charge in [-0.25, -0.2) is 4.39 Å². The van der Waals surface area contributed by atoms with E-state index in [1.54, 1.807) is 6.08 Å². The number of hydrogen-bond donors (Lipinski definition) is 3. The van der Waals surface area contributed by atoms with Gasteiger partial charge in [0, 0.05) is 11.8 Å². The number of alkyl halides is 1. The maximum atomic E-state index is 15.0. The van der Waals surface area contributed by atoms with E-state index < -0.39 is 23.5 Å². The van der Waals surface area contributed by atoms with Crippen molar-refractivity contribution in [1.29, 1.82) is 0 Å². The molecule has 0 aromatic carbocycles. The molecule has 0 aromatic heterocycles. The lowest BCUT2D eigenvalue weighted by Crippen LogP contribution is -2.52. The monoisotopic (exact) mass is 446 g/mol. The molecule has 3 saturated carbocycles. The van der Waals surface area contributed by atoms with Crippen LogP contribution in [-0.2, 0) is 0 Å². The van der Waals surface area contributed by atoms with E-state index in [1.165, 1.54) is 31.9 Å². The van der Waals surface area contributed by atoms with Crippen LogP contribution in [0.1, 0.15) is 80.1 Å². The maximum Gasteiger partial charge on any atom is 0.154 e. The van der Waals surface area contributed by atoms with Gasteiger partial charge in [0.2, 0.25) is 0 Å². The van der Waals surface area contributed by atoms with Crippen LogP contribution >= 0.6 is 0 Å². The molecule has 0 aromatic rings. The van der Waals surface area contributed by atoms with Gasteiger partial charge in [-0.05, 0) is 88.0 Å². The number of fused-ring (bicyclic) bond motifs is 5. The summed E-state index contributed by atoms with van der Waals surface area (Å²) in [6, 6.07) is 0. The molecule has 4 heteroatoms. The van der Waals surface area contributed by atoms with E-state index in [1.807, 2.05) is 6.08 Å². The summed E-state index contributed by atoms with van der Waals surface area (Å²) in [6.07, 6.45) is 12.7. The molecule has 32 heavy (non-hydrogen) atoms. The Kier molecular flexibility index (Phi) is 5.88. The first kappa shape index (κ1) is 24.2. The molecule has 9 atom stereocenters. The van der Waals surface area contributed by atoms with Crippen LogP contribution in [0.4, 0.5) is 4.39 Å². The van der Waals surface area contributed by atoms with Gasteiger partial charge in [0.25, 0.3) is 0 Å². The van der Waals surface area contributed by atoms with Crippen molar-refractivity contribution in [3.63, 3.8) is 0 Å². The van der Waals surface area contributed by atoms with E-state index in [0.29, 0.717) is 30.6 Å². The van der Waals surface area contributed by atoms with E-state index in [0.717, 1.165) is 25.7 Å². The second-order valence-electron chi connectivity index (χ2n) is 12.4. The van der Waals surface area contributed by atoms with Gasteiger partial charge < -0.3 is 15.3 Å².